The lowest BCUT2D eigenvalue weighted by Crippen LogP contribution is -2.36. The van der Waals surface area contributed by atoms with E-state index in [-0.39, 0.29) is 5.91 Å². The number of halogens is 1. The van der Waals surface area contributed by atoms with Gasteiger partial charge in [0.2, 0.25) is 5.91 Å². The van der Waals surface area contributed by atoms with Crippen molar-refractivity contribution in [2.24, 2.45) is 0 Å². The average molecular weight is 509 g/mol. The highest BCUT2D eigenvalue weighted by atomic mass is 35.5. The van der Waals surface area contributed by atoms with Crippen LogP contribution < -0.4 is 5.32 Å². The molecule has 1 saturated heterocycles. The predicted octanol–water partition coefficient (Wildman–Crippen LogP) is 4.92. The van der Waals surface area contributed by atoms with Crippen molar-refractivity contribution in [3.63, 3.8) is 0 Å². The average Bonchev–Trinajstić information content (AvgIpc) is 3.47. The Morgan fingerprint density at radius 1 is 1.17 bits per heavy atom. The number of likely N-dealkylation sites (tertiary alicyclic amines) is 1. The van der Waals surface area contributed by atoms with Crippen molar-refractivity contribution in [3.05, 3.63) is 47.4 Å². The van der Waals surface area contributed by atoms with Crippen LogP contribution in [0.3, 0.4) is 0 Å². The lowest BCUT2D eigenvalue weighted by molar-refractivity contribution is -0.129. The van der Waals surface area contributed by atoms with E-state index in [1.165, 1.54) is 31.0 Å². The van der Waals surface area contributed by atoms with Crippen LogP contribution in [0.25, 0.3) is 16.9 Å². The van der Waals surface area contributed by atoms with Gasteiger partial charge < -0.3 is 10.2 Å². The number of benzene rings is 1. The summed E-state index contributed by atoms with van der Waals surface area (Å²) in [6.07, 6.45) is 7.42. The Labute approximate surface area is 211 Å². The Morgan fingerprint density at radius 2 is 2.03 bits per heavy atom. The zero-order valence-electron chi connectivity index (χ0n) is 19.1. The molecule has 3 aromatic heterocycles. The van der Waals surface area contributed by atoms with Gasteiger partial charge in [0.1, 0.15) is 6.33 Å². The summed E-state index contributed by atoms with van der Waals surface area (Å²) >= 11 is 7.58. The molecule has 1 aliphatic heterocycles. The molecule has 2 N–H and O–H groups in total. The molecule has 0 unspecified atom stereocenters. The minimum absolute atomic E-state index is 0.123. The molecule has 4 aromatic rings. The van der Waals surface area contributed by atoms with E-state index in [0.717, 1.165) is 37.3 Å². The van der Waals surface area contributed by atoms with Gasteiger partial charge in [-0.1, -0.05) is 29.4 Å². The molecule has 1 saturated carbocycles. The van der Waals surface area contributed by atoms with Crippen molar-refractivity contribution in [1.29, 1.82) is 0 Å². The summed E-state index contributed by atoms with van der Waals surface area (Å²) in [4.78, 5) is 28.8. The largest absolute Gasteiger partial charge is 0.342 e. The number of H-pyrrole nitrogens is 1. The Morgan fingerprint density at radius 3 is 2.83 bits per heavy atom. The van der Waals surface area contributed by atoms with Gasteiger partial charge in [-0.3, -0.25) is 14.5 Å². The smallest absolute Gasteiger partial charge is 0.233 e. The number of nitrogens with one attached hydrogen (secondary N) is 2. The first-order valence-corrected chi connectivity index (χ1v) is 13.2. The number of aromatic amines is 1. The fourth-order valence-electron chi connectivity index (χ4n) is 4.33. The molecule has 2 aliphatic rings. The molecule has 11 heteroatoms. The predicted molar refractivity (Wildman–Crippen MR) is 137 cm³/mol. The first-order valence-electron chi connectivity index (χ1n) is 11.9. The van der Waals surface area contributed by atoms with E-state index in [9.17, 15) is 4.79 Å². The molecule has 1 amide bonds. The van der Waals surface area contributed by atoms with Gasteiger partial charge in [-0.25, -0.2) is 15.0 Å². The van der Waals surface area contributed by atoms with Gasteiger partial charge in [-0.15, -0.1) is 0 Å². The van der Waals surface area contributed by atoms with Crippen LogP contribution in [0.2, 0.25) is 5.02 Å². The number of rotatable bonds is 7. The van der Waals surface area contributed by atoms with Crippen LogP contribution in [0.1, 0.15) is 43.7 Å². The van der Waals surface area contributed by atoms with Gasteiger partial charge in [-0.2, -0.15) is 5.10 Å². The molecule has 0 atom stereocenters. The molecule has 0 spiro atoms. The third-order valence-electron chi connectivity index (χ3n) is 6.36. The third kappa shape index (κ3) is 4.85. The topological polar surface area (TPSA) is 105 Å². The van der Waals surface area contributed by atoms with Gasteiger partial charge in [-0.05, 0) is 50.3 Å². The van der Waals surface area contributed by atoms with E-state index in [1.54, 1.807) is 6.33 Å². The molecular weight excluding hydrogens is 484 g/mol. The van der Waals surface area contributed by atoms with Crippen LogP contribution >= 0.6 is 23.4 Å². The number of hydrogen-bond donors (Lipinski definition) is 2. The molecule has 0 bridgehead atoms. The SMILES string of the molecule is O=C(CSc1nc(Nc2cc(C3CC3)[nH]n2)c2ncn(-c3cccc(Cl)c3)c2n1)N1CCCCC1. The molecule has 0 radical (unpaired) electrons. The number of aromatic nitrogens is 6. The van der Waals surface area contributed by atoms with Crippen LogP contribution in [0, 0.1) is 0 Å². The van der Waals surface area contributed by atoms with Crippen molar-refractivity contribution in [2.45, 2.75) is 43.2 Å². The van der Waals surface area contributed by atoms with Crippen molar-refractivity contribution in [1.82, 2.24) is 34.6 Å². The van der Waals surface area contributed by atoms with Crippen LogP contribution in [-0.2, 0) is 4.79 Å². The fraction of sp³-hybridized carbons (Fsp3) is 0.375. The molecule has 1 aliphatic carbocycles. The van der Waals surface area contributed by atoms with Crippen LogP contribution in [0.5, 0.6) is 0 Å². The number of piperidine rings is 1. The summed E-state index contributed by atoms with van der Waals surface area (Å²) in [5.74, 6) is 2.22. The number of imidazole rings is 1. The zero-order chi connectivity index (χ0) is 23.8. The number of hydrogen-bond acceptors (Lipinski definition) is 7. The van der Waals surface area contributed by atoms with Crippen LogP contribution in [0.15, 0.2) is 41.8 Å². The molecule has 35 heavy (non-hydrogen) atoms. The molecule has 180 valence electrons. The van der Waals surface area contributed by atoms with E-state index in [0.29, 0.717) is 44.6 Å². The van der Waals surface area contributed by atoms with E-state index in [2.05, 4.69) is 20.5 Å². The van der Waals surface area contributed by atoms with Crippen LogP contribution in [-0.4, -0.2) is 59.4 Å². The number of fused-ring (bicyclic) bond motifs is 1. The molecule has 4 heterocycles. The highest BCUT2D eigenvalue weighted by Crippen LogP contribution is 2.40. The fourth-order valence-corrected chi connectivity index (χ4v) is 5.26. The maximum Gasteiger partial charge on any atom is 0.233 e. The third-order valence-corrected chi connectivity index (χ3v) is 7.42. The molecule has 1 aromatic carbocycles. The van der Waals surface area contributed by atoms with Gasteiger partial charge in [0.25, 0.3) is 0 Å². The van der Waals surface area contributed by atoms with E-state index >= 15 is 0 Å². The summed E-state index contributed by atoms with van der Waals surface area (Å²) in [5, 5.41) is 12.0. The Hall–Kier alpha value is -3.11. The Balaban J connectivity index is 1.33. The van der Waals surface area contributed by atoms with E-state index < -0.39 is 0 Å². The second kappa shape index (κ2) is 9.50. The number of anilines is 2. The summed E-state index contributed by atoms with van der Waals surface area (Å²) in [6.45, 7) is 1.66. The standard InChI is InChI=1S/C24H25ClN8OS/c25-16-5-4-6-17(11-16)33-14-26-21-22(27-19-12-18(30-31-19)15-7-8-15)28-24(29-23(21)33)35-13-20(34)32-9-2-1-3-10-32/h4-6,11-12,14-15H,1-3,7-10,13H2,(H2,27,28,29,30,31). The Bertz CT molecular complexity index is 1380. The quantitative estimate of drug-likeness (QED) is 0.270. The zero-order valence-corrected chi connectivity index (χ0v) is 20.6. The molecular formula is C24H25ClN8OS. The molecule has 6 rings (SSSR count). The highest BCUT2D eigenvalue weighted by Gasteiger charge is 2.26. The first kappa shape index (κ1) is 22.4. The van der Waals surface area contributed by atoms with Gasteiger partial charge >= 0.3 is 0 Å². The summed E-state index contributed by atoms with van der Waals surface area (Å²) in [5.41, 5.74) is 3.23. The van der Waals surface area contributed by atoms with Gasteiger partial charge in [0.05, 0.1) is 11.4 Å². The van der Waals surface area contributed by atoms with Crippen molar-refractivity contribution >= 4 is 52.1 Å². The minimum atomic E-state index is 0.123. The highest BCUT2D eigenvalue weighted by molar-refractivity contribution is 7.99. The number of amides is 1. The van der Waals surface area contributed by atoms with Crippen molar-refractivity contribution in [3.8, 4) is 5.69 Å². The van der Waals surface area contributed by atoms with E-state index in [1.807, 2.05) is 39.8 Å². The van der Waals surface area contributed by atoms with E-state index in [4.69, 9.17) is 21.6 Å². The summed E-state index contributed by atoms with van der Waals surface area (Å²) < 4.78 is 1.88. The lowest BCUT2D eigenvalue weighted by Gasteiger charge is -2.26. The van der Waals surface area contributed by atoms with Gasteiger partial charge in [0, 0.05) is 35.8 Å². The summed E-state index contributed by atoms with van der Waals surface area (Å²) in [6, 6.07) is 9.55. The number of carbonyl (C=O) groups is 1. The number of thioether (sulfide) groups is 1. The van der Waals surface area contributed by atoms with Crippen molar-refractivity contribution in [2.75, 3.05) is 24.2 Å². The molecule has 9 nitrogen and oxygen atoms in total. The summed E-state index contributed by atoms with van der Waals surface area (Å²) in [7, 11) is 0. The second-order valence-electron chi connectivity index (χ2n) is 8.96. The Kier molecular flexibility index (Phi) is 6.07. The maximum atomic E-state index is 12.7. The number of nitrogens with zero attached hydrogens (tertiary/aromatic N) is 6. The van der Waals surface area contributed by atoms with Crippen LogP contribution in [0.4, 0.5) is 11.6 Å². The van der Waals surface area contributed by atoms with Crippen molar-refractivity contribution < 1.29 is 4.79 Å². The normalized spacial score (nSPS) is 16.1. The second-order valence-corrected chi connectivity index (χ2v) is 10.3. The monoisotopic (exact) mass is 508 g/mol. The molecule has 2 fully saturated rings. The number of carbonyl (C=O) groups excluding carboxylic acids is 1. The first-order chi connectivity index (χ1) is 17.1. The minimum Gasteiger partial charge on any atom is -0.342 e. The lowest BCUT2D eigenvalue weighted by atomic mass is 10.1. The van der Waals surface area contributed by atoms with Gasteiger partial charge in [0.15, 0.2) is 28.0 Å². The maximum absolute atomic E-state index is 12.7.